The number of anilines is 1. The highest BCUT2D eigenvalue weighted by molar-refractivity contribution is 5.98. The molecule has 35 heavy (non-hydrogen) atoms. The Labute approximate surface area is 204 Å². The molecule has 0 atom stereocenters. The Kier molecular flexibility index (Phi) is 6.44. The van der Waals surface area contributed by atoms with Crippen LogP contribution in [-0.4, -0.2) is 82.0 Å². The number of likely N-dealkylation sites (N-methyl/N-ethyl adjacent to an activating group) is 1. The first-order chi connectivity index (χ1) is 16.9. The Morgan fingerprint density at radius 2 is 1.74 bits per heavy atom. The molecule has 2 fully saturated rings. The van der Waals surface area contributed by atoms with Gasteiger partial charge in [-0.3, -0.25) is 4.90 Å². The second-order valence-corrected chi connectivity index (χ2v) is 9.34. The van der Waals surface area contributed by atoms with E-state index in [0.29, 0.717) is 28.7 Å². The van der Waals surface area contributed by atoms with Gasteiger partial charge in [-0.15, -0.1) is 0 Å². The van der Waals surface area contributed by atoms with Gasteiger partial charge in [0.05, 0.1) is 18.5 Å². The maximum absolute atomic E-state index is 11.2. The van der Waals surface area contributed by atoms with E-state index >= 15 is 0 Å². The van der Waals surface area contributed by atoms with Gasteiger partial charge in [0.15, 0.2) is 17.1 Å². The maximum atomic E-state index is 11.2. The summed E-state index contributed by atoms with van der Waals surface area (Å²) >= 11 is 0. The van der Waals surface area contributed by atoms with Crippen LogP contribution < -0.4 is 20.9 Å². The maximum Gasteiger partial charge on any atom is 0.410 e. The molecule has 1 saturated heterocycles. The molecule has 3 heterocycles. The number of nitrogen functional groups attached to an aromatic ring is 1. The number of primary amides is 1. The Balaban J connectivity index is 1.44. The van der Waals surface area contributed by atoms with Crippen molar-refractivity contribution in [3.63, 3.8) is 0 Å². The Hall–Kier alpha value is -3.44. The molecule has 1 aliphatic heterocycles. The van der Waals surface area contributed by atoms with Gasteiger partial charge < -0.3 is 25.8 Å². The van der Waals surface area contributed by atoms with Gasteiger partial charge in [0.2, 0.25) is 0 Å². The van der Waals surface area contributed by atoms with E-state index < -0.39 is 6.09 Å². The van der Waals surface area contributed by atoms with Crippen molar-refractivity contribution in [2.75, 3.05) is 46.1 Å². The number of carbonyl (C=O) groups excluding carboxylic acids is 1. The van der Waals surface area contributed by atoms with Crippen LogP contribution in [0.3, 0.4) is 0 Å². The third kappa shape index (κ3) is 4.61. The average molecular weight is 481 g/mol. The number of methoxy groups -OCH3 is 1. The summed E-state index contributed by atoms with van der Waals surface area (Å²) in [5.74, 6) is 0.977. The zero-order valence-electron chi connectivity index (χ0n) is 20.2. The fraction of sp³-hybridized carbons (Fsp3) is 0.500. The molecule has 0 radical (unpaired) electrons. The summed E-state index contributed by atoms with van der Waals surface area (Å²) in [6.07, 6.45) is 4.92. The number of amides is 1. The van der Waals surface area contributed by atoms with E-state index in [0.717, 1.165) is 63.1 Å². The largest absolute Gasteiger partial charge is 0.493 e. The van der Waals surface area contributed by atoms with Gasteiger partial charge in [-0.05, 0) is 50.9 Å². The molecule has 11 heteroatoms. The van der Waals surface area contributed by atoms with Gasteiger partial charge in [0.25, 0.3) is 0 Å². The molecule has 11 nitrogen and oxygen atoms in total. The van der Waals surface area contributed by atoms with Crippen molar-refractivity contribution < 1.29 is 14.3 Å². The molecular formula is C24H32N8O3. The first-order valence-electron chi connectivity index (χ1n) is 12.0. The standard InChI is InChI=1S/C24H32N8O3/c1-30-9-11-31(12-10-30)16-4-6-17(7-5-16)32-23-20(22(25)27-14-28-23)21(29-32)15-3-8-18(35-24(26)33)19(13-15)34-2/h3,8,13-14,16-17H,4-7,9-12H2,1-2H3,(H2,26,33)(H2,25,27,28). The van der Waals surface area contributed by atoms with E-state index in [2.05, 4.69) is 26.8 Å². The minimum atomic E-state index is -0.907. The molecule has 4 N–H and O–H groups in total. The zero-order chi connectivity index (χ0) is 24.5. The van der Waals surface area contributed by atoms with Gasteiger partial charge in [-0.1, -0.05) is 0 Å². The lowest BCUT2D eigenvalue weighted by Gasteiger charge is -2.41. The van der Waals surface area contributed by atoms with Crippen LogP contribution in [0.4, 0.5) is 10.6 Å². The summed E-state index contributed by atoms with van der Waals surface area (Å²) in [4.78, 5) is 25.0. The van der Waals surface area contributed by atoms with Crippen LogP contribution in [0.5, 0.6) is 11.5 Å². The first-order valence-corrected chi connectivity index (χ1v) is 12.0. The minimum absolute atomic E-state index is 0.235. The molecule has 1 saturated carbocycles. The number of piperazine rings is 1. The number of nitrogens with two attached hydrogens (primary N) is 2. The molecule has 1 aromatic carbocycles. The highest BCUT2D eigenvalue weighted by atomic mass is 16.6. The summed E-state index contributed by atoms with van der Waals surface area (Å²) in [5, 5.41) is 5.69. The van der Waals surface area contributed by atoms with E-state index in [9.17, 15) is 4.79 Å². The lowest BCUT2D eigenvalue weighted by Crippen LogP contribution is -2.49. The van der Waals surface area contributed by atoms with Crippen LogP contribution in [0.15, 0.2) is 24.5 Å². The highest BCUT2D eigenvalue weighted by Gasteiger charge is 2.30. The van der Waals surface area contributed by atoms with E-state index in [1.165, 1.54) is 13.4 Å². The summed E-state index contributed by atoms with van der Waals surface area (Å²) in [7, 11) is 3.69. The van der Waals surface area contributed by atoms with E-state index in [1.807, 2.05) is 4.68 Å². The Morgan fingerprint density at radius 3 is 2.43 bits per heavy atom. The number of aromatic nitrogens is 4. The van der Waals surface area contributed by atoms with Crippen LogP contribution in [0.25, 0.3) is 22.3 Å². The third-order valence-electron chi connectivity index (χ3n) is 7.23. The average Bonchev–Trinajstić information content (AvgIpc) is 3.26. The topological polar surface area (TPSA) is 138 Å². The molecule has 3 aromatic rings. The molecular weight excluding hydrogens is 448 g/mol. The predicted molar refractivity (Wildman–Crippen MR) is 132 cm³/mol. The van der Waals surface area contributed by atoms with Crippen LogP contribution in [0, 0.1) is 0 Å². The molecule has 1 amide bonds. The molecule has 2 aromatic heterocycles. The summed E-state index contributed by atoms with van der Waals surface area (Å²) in [6.45, 7) is 4.55. The first kappa shape index (κ1) is 23.3. The van der Waals surface area contributed by atoms with Crippen LogP contribution >= 0.6 is 0 Å². The fourth-order valence-electron chi connectivity index (χ4n) is 5.31. The predicted octanol–water partition coefficient (Wildman–Crippen LogP) is 2.27. The molecule has 186 valence electrons. The van der Waals surface area contributed by atoms with Crippen molar-refractivity contribution in [2.24, 2.45) is 5.73 Å². The van der Waals surface area contributed by atoms with Gasteiger partial charge >= 0.3 is 6.09 Å². The number of rotatable bonds is 5. The van der Waals surface area contributed by atoms with Crippen molar-refractivity contribution >= 4 is 22.9 Å². The molecule has 5 rings (SSSR count). The molecule has 0 spiro atoms. The van der Waals surface area contributed by atoms with Crippen LogP contribution in [0.1, 0.15) is 31.7 Å². The van der Waals surface area contributed by atoms with Crippen molar-refractivity contribution in [1.29, 1.82) is 0 Å². The number of ether oxygens (including phenoxy) is 2. The van der Waals surface area contributed by atoms with E-state index in [1.54, 1.807) is 18.2 Å². The quantitative estimate of drug-likeness (QED) is 0.563. The smallest absolute Gasteiger partial charge is 0.410 e. The molecule has 2 aliphatic rings. The minimum Gasteiger partial charge on any atom is -0.493 e. The third-order valence-corrected chi connectivity index (χ3v) is 7.23. The van der Waals surface area contributed by atoms with E-state index in [4.69, 9.17) is 26.0 Å². The number of hydrogen-bond donors (Lipinski definition) is 2. The molecule has 1 aliphatic carbocycles. The SMILES string of the molecule is COc1cc(-c2nn(C3CCC(N4CCN(C)CC4)CC3)c3ncnc(N)c23)ccc1OC(N)=O. The van der Waals surface area contributed by atoms with Crippen molar-refractivity contribution in [3.05, 3.63) is 24.5 Å². The monoisotopic (exact) mass is 480 g/mol. The van der Waals surface area contributed by atoms with Crippen molar-refractivity contribution in [3.8, 4) is 22.8 Å². The lowest BCUT2D eigenvalue weighted by atomic mass is 9.90. The van der Waals surface area contributed by atoms with Gasteiger partial charge in [-0.2, -0.15) is 5.10 Å². The van der Waals surface area contributed by atoms with Crippen molar-refractivity contribution in [2.45, 2.75) is 37.8 Å². The summed E-state index contributed by atoms with van der Waals surface area (Å²) in [6, 6.07) is 6.04. The second kappa shape index (κ2) is 9.67. The van der Waals surface area contributed by atoms with Crippen LogP contribution in [0.2, 0.25) is 0 Å². The summed E-state index contributed by atoms with van der Waals surface area (Å²) < 4.78 is 12.5. The Bertz CT molecular complexity index is 1210. The van der Waals surface area contributed by atoms with Gasteiger partial charge in [0, 0.05) is 37.8 Å². The van der Waals surface area contributed by atoms with Crippen LogP contribution in [-0.2, 0) is 0 Å². The van der Waals surface area contributed by atoms with Crippen molar-refractivity contribution in [1.82, 2.24) is 29.5 Å². The van der Waals surface area contributed by atoms with Gasteiger partial charge in [-0.25, -0.2) is 19.4 Å². The molecule has 0 unspecified atom stereocenters. The lowest BCUT2D eigenvalue weighted by molar-refractivity contribution is 0.0815. The number of nitrogens with zero attached hydrogens (tertiary/aromatic N) is 6. The number of carbonyl (C=O) groups is 1. The number of fused-ring (bicyclic) bond motifs is 1. The zero-order valence-corrected chi connectivity index (χ0v) is 20.2. The fourth-order valence-corrected chi connectivity index (χ4v) is 5.31. The number of hydrogen-bond acceptors (Lipinski definition) is 9. The van der Waals surface area contributed by atoms with E-state index in [-0.39, 0.29) is 11.8 Å². The number of benzene rings is 1. The second-order valence-electron chi connectivity index (χ2n) is 9.34. The highest BCUT2D eigenvalue weighted by Crippen LogP contribution is 2.39. The normalized spacial score (nSPS) is 21.8. The summed E-state index contributed by atoms with van der Waals surface area (Å²) in [5.41, 5.74) is 13.6. The Morgan fingerprint density at radius 1 is 1.03 bits per heavy atom. The molecule has 0 bridgehead atoms. The van der Waals surface area contributed by atoms with Gasteiger partial charge in [0.1, 0.15) is 17.8 Å².